The summed E-state index contributed by atoms with van der Waals surface area (Å²) in [5.41, 5.74) is 16.8. The van der Waals surface area contributed by atoms with E-state index < -0.39 is 0 Å². The Bertz CT molecular complexity index is 5340. The third-order valence-corrected chi connectivity index (χ3v) is 26.2. The maximum absolute atomic E-state index is 7.50. The van der Waals surface area contributed by atoms with Gasteiger partial charge in [-0.15, -0.1) is 0 Å². The van der Waals surface area contributed by atoms with Crippen molar-refractivity contribution in [3.05, 3.63) is 98.5 Å². The van der Waals surface area contributed by atoms with Gasteiger partial charge in [0.05, 0.1) is 0 Å². The normalized spacial score (nSPS) is 30.4. The Balaban J connectivity index is 0.000000537. The van der Waals surface area contributed by atoms with Crippen molar-refractivity contribution in [3.8, 4) is 0 Å². The summed E-state index contributed by atoms with van der Waals surface area (Å²) >= 11 is 1.82. The number of rotatable bonds is 0. The fraction of sp³-hybridized carbons (Fsp3) is 0.149. The Hall–Kier alpha value is -6.11. The van der Waals surface area contributed by atoms with Crippen LogP contribution in [0.5, 0.6) is 0 Å². The molecule has 1 saturated carbocycles. The molecule has 2 nitrogen and oxygen atoms in total. The van der Waals surface area contributed by atoms with E-state index in [1.807, 2.05) is 46.9 Å². The van der Waals surface area contributed by atoms with Gasteiger partial charge in [-0.25, -0.2) is 0 Å². The predicted octanol–water partition coefficient (Wildman–Crippen LogP) is 16.3. The fourth-order valence-electron chi connectivity index (χ4n) is 26.2. The van der Waals surface area contributed by atoms with Gasteiger partial charge >= 0.3 is 49.6 Å². The summed E-state index contributed by atoms with van der Waals surface area (Å²) in [5, 5.41) is 67.8. The Morgan fingerprint density at radius 3 is 0.352 bits per heavy atom. The zero-order valence-electron chi connectivity index (χ0n) is 37.5. The van der Waals surface area contributed by atoms with Crippen molar-refractivity contribution in [1.29, 1.82) is 0 Å². The van der Waals surface area contributed by atoms with E-state index in [0.29, 0.717) is 0 Å². The average molecular weight is 988 g/mol. The van der Waals surface area contributed by atoms with Crippen molar-refractivity contribution < 1.29 is 26.6 Å². The molecule has 11 aliphatic carbocycles. The van der Waals surface area contributed by atoms with Crippen molar-refractivity contribution >= 4 is 225 Å². The summed E-state index contributed by atoms with van der Waals surface area (Å²) in [6.45, 7) is 23.2. The van der Waals surface area contributed by atoms with Crippen molar-refractivity contribution in [1.82, 2.24) is 0 Å². The van der Waals surface area contributed by atoms with Gasteiger partial charge < -0.3 is 0 Å². The molecule has 0 atom stereocenters. The minimum atomic E-state index is -0.191. The topological polar surface area (TPSA) is 39.8 Å². The van der Waals surface area contributed by atoms with Gasteiger partial charge in [0, 0.05) is 56.7 Å². The predicted molar refractivity (Wildman–Crippen MR) is 280 cm³/mol. The number of halogens is 1. The van der Waals surface area contributed by atoms with E-state index in [9.17, 15) is 0 Å². The molecule has 0 spiro atoms. The molecule has 21 aromatic carbocycles. The monoisotopic (exact) mass is 988 g/mol. The van der Waals surface area contributed by atoms with Crippen LogP contribution in [0.2, 0.25) is 0 Å². The average Bonchev–Trinajstić information content (AvgIpc) is 4.33. The Labute approximate surface area is 409 Å². The van der Waals surface area contributed by atoms with Crippen molar-refractivity contribution in [3.63, 3.8) is 0 Å². The summed E-state index contributed by atoms with van der Waals surface area (Å²) in [7, 11) is 4.57. The number of hydrogen-bond donors (Lipinski definition) is 0. The van der Waals surface area contributed by atoms with Gasteiger partial charge in [0.1, 0.15) is 0 Å². The molecule has 309 valence electrons. The van der Waals surface area contributed by atoms with Crippen molar-refractivity contribution in [2.75, 3.05) is 0 Å². The van der Waals surface area contributed by atoms with Crippen LogP contribution < -0.4 is 0 Å². The second-order valence-electron chi connectivity index (χ2n) is 26.2. The first kappa shape index (κ1) is 31.4. The zero-order valence-corrected chi connectivity index (χ0v) is 40.0. The van der Waals surface area contributed by atoms with E-state index in [1.165, 1.54) is 0 Å². The first-order valence-electron chi connectivity index (χ1n) is 25.5. The third kappa shape index (κ3) is 1.66. The Morgan fingerprint density at radius 2 is 0.268 bits per heavy atom. The quantitative estimate of drug-likeness (QED) is 0.0629. The number of benzene rings is 15. The molecule has 0 aliphatic heterocycles. The molecule has 5 radical (unpaired) electrons. The molecular formula is C67H15ClO2Ru+. The van der Waals surface area contributed by atoms with Crippen molar-refractivity contribution in [2.45, 2.75) is 61.7 Å². The van der Waals surface area contributed by atoms with Gasteiger partial charge in [0.15, 0.2) is 0 Å². The van der Waals surface area contributed by atoms with E-state index in [0.717, 1.165) is 0 Å². The molecule has 32 rings (SSSR count). The van der Waals surface area contributed by atoms with Crippen LogP contribution in [0.3, 0.4) is 0 Å². The van der Waals surface area contributed by atoms with E-state index >= 15 is 0 Å². The maximum atomic E-state index is 7.50. The molecule has 0 bridgehead atoms. The summed E-state index contributed by atoms with van der Waals surface area (Å²) in [6, 6.07) is 0. The van der Waals surface area contributed by atoms with Crippen LogP contribution in [0.1, 0.15) is 90.3 Å². The van der Waals surface area contributed by atoms with E-state index in [1.54, 1.807) is 271 Å². The Morgan fingerprint density at radius 1 is 0.197 bits per heavy atom. The molecule has 0 saturated heterocycles. The standard InChI is InChI=1S/C65H15.2CO.ClH.Ru/c1-61-46-36-26-16-11-6-7-9-10-8(6)13-20-18(11)28(26)38-40-30(20)32-22(13)24-15(10)25-23-14(9)21-19-12(7)17(16)27-29(19)39-41-31(21)33(23)43-45-35(25)34(24)44-42(32)52-50(40)62(2,48(38)46)57-56(61)58-60-59(57)64(52,4)54(44)55(45)65(60,5)53(43)51(41)63(58,3)49(39)47(61)37(27)36;2*1-2;;/h1-5H3;;;1H;/q;;;;+2/p-1. The molecule has 11 aliphatic rings. The molecule has 21 aromatic rings. The van der Waals surface area contributed by atoms with Gasteiger partial charge in [0.25, 0.3) is 0 Å². The fourth-order valence-corrected chi connectivity index (χ4v) is 26.2. The molecule has 0 aromatic heterocycles. The van der Waals surface area contributed by atoms with Crippen LogP contribution in [0.25, 0.3) is 215 Å². The second-order valence-corrected chi connectivity index (χ2v) is 26.2. The van der Waals surface area contributed by atoms with Crippen LogP contribution in [0.4, 0.5) is 0 Å². The Kier molecular flexibility index (Phi) is 3.13. The molecule has 4 heteroatoms. The third-order valence-electron chi connectivity index (χ3n) is 26.2. The van der Waals surface area contributed by atoms with E-state index in [-0.39, 0.29) is 27.1 Å². The molecule has 0 unspecified atom stereocenters. The van der Waals surface area contributed by atoms with Gasteiger partial charge in [0.2, 0.25) is 0 Å². The summed E-state index contributed by atoms with van der Waals surface area (Å²) in [4.78, 5) is 0. The second kappa shape index (κ2) is 7.08. The molecular weight excluding hydrogens is 973 g/mol. The van der Waals surface area contributed by atoms with E-state index in [4.69, 9.17) is 9.30 Å². The van der Waals surface area contributed by atoms with Gasteiger partial charge in [-0.05, 0) is 271 Å². The van der Waals surface area contributed by atoms with Crippen LogP contribution >= 0.6 is 9.69 Å². The van der Waals surface area contributed by atoms with Crippen molar-refractivity contribution in [2.24, 2.45) is 0 Å². The summed E-state index contributed by atoms with van der Waals surface area (Å²) in [5.74, 6) is 9.05. The van der Waals surface area contributed by atoms with Gasteiger partial charge in [-0.3, -0.25) is 0 Å². The minimum absolute atomic E-state index is 0.191. The van der Waals surface area contributed by atoms with Crippen LogP contribution in [-0.4, -0.2) is 0 Å². The number of hydrogen-bond acceptors (Lipinski definition) is 0. The molecule has 0 heterocycles. The van der Waals surface area contributed by atoms with Gasteiger partial charge in [-0.1, -0.05) is 34.6 Å². The van der Waals surface area contributed by atoms with E-state index in [2.05, 4.69) is 57.6 Å². The van der Waals surface area contributed by atoms with Crippen LogP contribution in [-0.2, 0) is 53.7 Å². The molecule has 0 N–H and O–H groups in total. The molecule has 71 heavy (non-hydrogen) atoms. The molecule has 1 fully saturated rings. The summed E-state index contributed by atoms with van der Waals surface area (Å²) in [6.07, 6.45) is 0. The first-order chi connectivity index (χ1) is 34.8. The summed E-state index contributed by atoms with van der Waals surface area (Å²) < 4.78 is 15.0. The zero-order chi connectivity index (χ0) is 45.3. The first-order valence-corrected chi connectivity index (χ1v) is 27.8. The van der Waals surface area contributed by atoms with Gasteiger partial charge in [-0.2, -0.15) is 0 Å². The van der Waals surface area contributed by atoms with Crippen LogP contribution in [0.15, 0.2) is 0 Å². The molecule has 0 amide bonds. The SMILES string of the molecule is CC12[C]3[C]4[C]5[C]6[C]3C3(C)c7c1c1c8c2c2c9c%10c(c%11c%12c%13c(c%14c%15c%16c(c3c3c7c7c1c1c%17c8c9c8c9c%10c%12c%10c%12c%13c%15c%13c%15c%16c3c3c7c1c1c(c%178)c(c9%10)c(c%12%13)c1c3%15)C6%14C)C5%11C)C42C.[C-]#[O+].[C-]#[O+].[Cl][Ru+]. The van der Waals surface area contributed by atoms with Crippen LogP contribution in [0, 0.1) is 42.9 Å².